The third-order valence-corrected chi connectivity index (χ3v) is 6.61. The van der Waals surface area contributed by atoms with Crippen LogP contribution in [0.25, 0.3) is 0 Å². The summed E-state index contributed by atoms with van der Waals surface area (Å²) in [5.41, 5.74) is 3.39. The summed E-state index contributed by atoms with van der Waals surface area (Å²) >= 11 is 13.1. The van der Waals surface area contributed by atoms with Crippen LogP contribution in [0.2, 0.25) is 10.0 Å². The van der Waals surface area contributed by atoms with E-state index in [4.69, 9.17) is 23.2 Å². The molecule has 0 unspecified atom stereocenters. The number of benzene rings is 2. The van der Waals surface area contributed by atoms with Crippen molar-refractivity contribution in [1.82, 2.24) is 20.1 Å². The van der Waals surface area contributed by atoms with Gasteiger partial charge in [0.2, 0.25) is 5.91 Å². The van der Waals surface area contributed by atoms with Gasteiger partial charge in [-0.2, -0.15) is 0 Å². The smallest absolute Gasteiger partial charge is 0.251 e. The maximum atomic E-state index is 12.5. The van der Waals surface area contributed by atoms with Gasteiger partial charge < -0.3 is 15.2 Å². The quantitative estimate of drug-likeness (QED) is 0.447. The van der Waals surface area contributed by atoms with E-state index in [1.807, 2.05) is 25.1 Å². The Kier molecular flexibility index (Phi) is 8.17. The minimum absolute atomic E-state index is 0.114. The van der Waals surface area contributed by atoms with E-state index in [-0.39, 0.29) is 24.1 Å². The third-order valence-electron chi connectivity index (χ3n) is 4.85. The first-order chi connectivity index (χ1) is 15.3. The van der Waals surface area contributed by atoms with Gasteiger partial charge in [-0.05, 0) is 42.7 Å². The summed E-state index contributed by atoms with van der Waals surface area (Å²) in [6.07, 6.45) is 0.838. The highest BCUT2D eigenvalue weighted by atomic mass is 35.5. The first-order valence-corrected chi connectivity index (χ1v) is 11.7. The number of carbonyl (C=O) groups excluding carboxylic acids is 2. The molecule has 0 bridgehead atoms. The Labute approximate surface area is 200 Å². The average molecular weight is 492 g/mol. The maximum absolute atomic E-state index is 12.5. The number of rotatable bonds is 8. The van der Waals surface area contributed by atoms with Crippen LogP contribution in [-0.2, 0) is 24.8 Å². The summed E-state index contributed by atoms with van der Waals surface area (Å²) in [5.74, 6) is 0.342. The zero-order chi connectivity index (χ0) is 23.3. The van der Waals surface area contributed by atoms with Crippen LogP contribution in [0.15, 0.2) is 41.6 Å². The Balaban J connectivity index is 1.56. The zero-order valence-corrected chi connectivity index (χ0v) is 20.2. The molecule has 0 spiro atoms. The number of para-hydroxylation sites is 1. The summed E-state index contributed by atoms with van der Waals surface area (Å²) in [6.45, 7) is 4.21. The van der Waals surface area contributed by atoms with Crippen molar-refractivity contribution in [2.45, 2.75) is 32.0 Å². The Bertz CT molecular complexity index is 1150. The van der Waals surface area contributed by atoms with Gasteiger partial charge in [0.25, 0.3) is 5.91 Å². The molecule has 0 saturated carbocycles. The van der Waals surface area contributed by atoms with Crippen LogP contribution in [-0.4, -0.2) is 32.3 Å². The van der Waals surface area contributed by atoms with Gasteiger partial charge >= 0.3 is 0 Å². The fourth-order valence-electron chi connectivity index (χ4n) is 3.03. The van der Waals surface area contributed by atoms with E-state index >= 15 is 0 Å². The van der Waals surface area contributed by atoms with Crippen molar-refractivity contribution in [2.24, 2.45) is 7.05 Å². The second-order valence-electron chi connectivity index (χ2n) is 7.07. The van der Waals surface area contributed by atoms with E-state index in [1.165, 1.54) is 17.8 Å². The molecule has 7 nitrogen and oxygen atoms in total. The van der Waals surface area contributed by atoms with Crippen molar-refractivity contribution in [1.29, 1.82) is 0 Å². The zero-order valence-electron chi connectivity index (χ0n) is 17.9. The number of aryl methyl sites for hydroxylation is 2. The van der Waals surface area contributed by atoms with Crippen LogP contribution in [0.1, 0.15) is 34.2 Å². The van der Waals surface area contributed by atoms with Crippen LogP contribution in [0, 0.1) is 6.92 Å². The largest absolute Gasteiger partial charge is 0.345 e. The van der Waals surface area contributed by atoms with E-state index < -0.39 is 0 Å². The van der Waals surface area contributed by atoms with Crippen molar-refractivity contribution in [2.75, 3.05) is 11.1 Å². The summed E-state index contributed by atoms with van der Waals surface area (Å²) in [6, 6.07) is 10.6. The number of anilines is 1. The predicted octanol–water partition coefficient (Wildman–Crippen LogP) is 4.65. The Hall–Kier alpha value is -2.55. The molecule has 3 aromatic rings. The summed E-state index contributed by atoms with van der Waals surface area (Å²) < 4.78 is 1.75. The molecule has 0 saturated heterocycles. The van der Waals surface area contributed by atoms with Crippen molar-refractivity contribution in [3.05, 3.63) is 69.0 Å². The topological polar surface area (TPSA) is 88.9 Å². The number of amides is 2. The highest BCUT2D eigenvalue weighted by Crippen LogP contribution is 2.23. The molecule has 2 amide bonds. The standard InChI is InChI=1S/C22H23Cl2N5O2S/c1-4-14-7-5-6-13(2)20(14)26-19(30)12-32-22-28-27-18(29(22)3)11-25-21(31)15-8-9-16(23)17(24)10-15/h5-10H,4,11-12H2,1-3H3,(H,25,31)(H,26,30). The lowest BCUT2D eigenvalue weighted by Gasteiger charge is -2.12. The third kappa shape index (κ3) is 5.82. The average Bonchev–Trinajstić information content (AvgIpc) is 3.13. The Morgan fingerprint density at radius 3 is 2.62 bits per heavy atom. The van der Waals surface area contributed by atoms with Gasteiger partial charge in [0.1, 0.15) is 0 Å². The molecule has 0 radical (unpaired) electrons. The van der Waals surface area contributed by atoms with Crippen molar-refractivity contribution in [3.8, 4) is 0 Å². The van der Waals surface area contributed by atoms with Gasteiger partial charge in [-0.1, -0.05) is 60.1 Å². The SMILES string of the molecule is CCc1cccc(C)c1NC(=O)CSc1nnc(CNC(=O)c2ccc(Cl)c(Cl)c2)n1C. The minimum Gasteiger partial charge on any atom is -0.345 e. The molecular weight excluding hydrogens is 469 g/mol. The molecule has 0 aliphatic heterocycles. The molecule has 3 rings (SSSR count). The Morgan fingerprint density at radius 2 is 1.91 bits per heavy atom. The lowest BCUT2D eigenvalue weighted by Crippen LogP contribution is -2.24. The van der Waals surface area contributed by atoms with E-state index in [9.17, 15) is 9.59 Å². The van der Waals surface area contributed by atoms with E-state index in [2.05, 4.69) is 27.8 Å². The van der Waals surface area contributed by atoms with Crippen molar-refractivity contribution in [3.63, 3.8) is 0 Å². The maximum Gasteiger partial charge on any atom is 0.251 e. The van der Waals surface area contributed by atoms with E-state index in [0.29, 0.717) is 26.6 Å². The molecule has 2 N–H and O–H groups in total. The Morgan fingerprint density at radius 1 is 1.12 bits per heavy atom. The first-order valence-electron chi connectivity index (χ1n) is 9.92. The van der Waals surface area contributed by atoms with Crippen molar-refractivity contribution < 1.29 is 9.59 Å². The summed E-state index contributed by atoms with van der Waals surface area (Å²) in [4.78, 5) is 24.8. The number of hydrogen-bond acceptors (Lipinski definition) is 5. The number of hydrogen-bond donors (Lipinski definition) is 2. The lowest BCUT2D eigenvalue weighted by molar-refractivity contribution is -0.113. The van der Waals surface area contributed by atoms with E-state index in [1.54, 1.807) is 23.7 Å². The van der Waals surface area contributed by atoms with Gasteiger partial charge in [0, 0.05) is 18.3 Å². The van der Waals surface area contributed by atoms with Gasteiger partial charge in [-0.3, -0.25) is 9.59 Å². The first kappa shape index (κ1) is 24.1. The van der Waals surface area contributed by atoms with Crippen LogP contribution in [0.5, 0.6) is 0 Å². The molecule has 1 aromatic heterocycles. The number of thioether (sulfide) groups is 1. The summed E-state index contributed by atoms with van der Waals surface area (Å²) in [5, 5.41) is 15.3. The minimum atomic E-state index is -0.301. The molecule has 1 heterocycles. The molecule has 10 heteroatoms. The number of aromatic nitrogens is 3. The van der Waals surface area contributed by atoms with Crippen molar-refractivity contribution >= 4 is 52.5 Å². The number of carbonyl (C=O) groups is 2. The van der Waals surface area contributed by atoms with Gasteiger partial charge in [0.15, 0.2) is 11.0 Å². The molecule has 0 aliphatic rings. The van der Waals surface area contributed by atoms with Gasteiger partial charge in [0.05, 0.1) is 22.3 Å². The molecular formula is C22H23Cl2N5O2S. The van der Waals surface area contributed by atoms with Crippen LogP contribution < -0.4 is 10.6 Å². The predicted molar refractivity (Wildman–Crippen MR) is 129 cm³/mol. The summed E-state index contributed by atoms with van der Waals surface area (Å²) in [7, 11) is 1.79. The second-order valence-corrected chi connectivity index (χ2v) is 8.83. The molecule has 32 heavy (non-hydrogen) atoms. The van der Waals surface area contributed by atoms with Crippen LogP contribution in [0.4, 0.5) is 5.69 Å². The molecule has 0 atom stereocenters. The number of nitrogens with one attached hydrogen (secondary N) is 2. The molecule has 0 fully saturated rings. The molecule has 2 aromatic carbocycles. The van der Waals surface area contributed by atoms with Crippen LogP contribution in [0.3, 0.4) is 0 Å². The normalized spacial score (nSPS) is 10.8. The molecule has 0 aliphatic carbocycles. The highest BCUT2D eigenvalue weighted by Gasteiger charge is 2.15. The second kappa shape index (κ2) is 10.8. The number of nitrogens with zero attached hydrogens (tertiary/aromatic N) is 3. The fraction of sp³-hybridized carbons (Fsp3) is 0.273. The monoisotopic (exact) mass is 491 g/mol. The lowest BCUT2D eigenvalue weighted by atomic mass is 10.1. The van der Waals surface area contributed by atoms with Gasteiger partial charge in [-0.15, -0.1) is 10.2 Å². The van der Waals surface area contributed by atoms with Gasteiger partial charge in [-0.25, -0.2) is 0 Å². The number of halogens is 2. The van der Waals surface area contributed by atoms with E-state index in [0.717, 1.165) is 23.2 Å². The van der Waals surface area contributed by atoms with Crippen LogP contribution >= 0.6 is 35.0 Å². The highest BCUT2D eigenvalue weighted by molar-refractivity contribution is 7.99. The molecule has 168 valence electrons. The fourth-order valence-corrected chi connectivity index (χ4v) is 4.06.